The summed E-state index contributed by atoms with van der Waals surface area (Å²) < 4.78 is 11.0. The number of rotatable bonds is 6. The van der Waals surface area contributed by atoms with E-state index in [0.717, 1.165) is 11.5 Å². The molecule has 1 heterocycles. The van der Waals surface area contributed by atoms with Gasteiger partial charge in [-0.2, -0.15) is 0 Å². The Hall–Kier alpha value is -1.52. The van der Waals surface area contributed by atoms with Crippen LogP contribution in [0.5, 0.6) is 11.5 Å². The van der Waals surface area contributed by atoms with Gasteiger partial charge in [-0.3, -0.25) is 0 Å². The standard InChI is InChI=1S/C15H19NO2S/c1-4-18-12-7-5-6-11(10-12)14(16-2)15-13(17-3)8-9-19-15/h5-10,14,16H,4H2,1-3H3. The summed E-state index contributed by atoms with van der Waals surface area (Å²) in [6.45, 7) is 2.67. The van der Waals surface area contributed by atoms with Crippen LogP contribution in [0.25, 0.3) is 0 Å². The van der Waals surface area contributed by atoms with Gasteiger partial charge in [0.05, 0.1) is 24.6 Å². The first-order valence-electron chi connectivity index (χ1n) is 6.31. The van der Waals surface area contributed by atoms with Gasteiger partial charge in [-0.05, 0) is 43.1 Å². The predicted molar refractivity (Wildman–Crippen MR) is 79.4 cm³/mol. The molecule has 0 radical (unpaired) electrons. The second kappa shape index (κ2) is 6.59. The molecule has 0 saturated heterocycles. The van der Waals surface area contributed by atoms with E-state index in [-0.39, 0.29) is 6.04 Å². The van der Waals surface area contributed by atoms with Crippen LogP contribution < -0.4 is 14.8 Å². The van der Waals surface area contributed by atoms with Crippen LogP contribution in [0.3, 0.4) is 0 Å². The van der Waals surface area contributed by atoms with Crippen molar-refractivity contribution in [1.29, 1.82) is 0 Å². The van der Waals surface area contributed by atoms with Crippen molar-refractivity contribution in [3.8, 4) is 11.5 Å². The van der Waals surface area contributed by atoms with Gasteiger partial charge < -0.3 is 14.8 Å². The molecule has 102 valence electrons. The van der Waals surface area contributed by atoms with Crippen molar-refractivity contribution in [3.05, 3.63) is 46.2 Å². The van der Waals surface area contributed by atoms with Crippen molar-refractivity contribution < 1.29 is 9.47 Å². The minimum atomic E-state index is 0.121. The molecule has 0 bridgehead atoms. The number of ether oxygens (including phenoxy) is 2. The second-order valence-corrected chi connectivity index (χ2v) is 5.03. The molecule has 0 fully saturated rings. The SMILES string of the molecule is CCOc1cccc(C(NC)c2sccc2OC)c1. The summed E-state index contributed by atoms with van der Waals surface area (Å²) in [4.78, 5) is 1.18. The molecule has 1 aromatic carbocycles. The maximum Gasteiger partial charge on any atom is 0.134 e. The lowest BCUT2D eigenvalue weighted by atomic mass is 10.0. The zero-order valence-electron chi connectivity index (χ0n) is 11.5. The van der Waals surface area contributed by atoms with Crippen molar-refractivity contribution in [2.75, 3.05) is 20.8 Å². The molecule has 3 nitrogen and oxygen atoms in total. The normalized spacial score (nSPS) is 12.2. The molecule has 19 heavy (non-hydrogen) atoms. The Kier molecular flexibility index (Phi) is 4.82. The van der Waals surface area contributed by atoms with E-state index in [0.29, 0.717) is 6.61 Å². The van der Waals surface area contributed by atoms with Gasteiger partial charge in [0.2, 0.25) is 0 Å². The fourth-order valence-electron chi connectivity index (χ4n) is 2.09. The van der Waals surface area contributed by atoms with Crippen LogP contribution in [-0.4, -0.2) is 20.8 Å². The molecular weight excluding hydrogens is 258 g/mol. The van der Waals surface area contributed by atoms with Gasteiger partial charge >= 0.3 is 0 Å². The largest absolute Gasteiger partial charge is 0.496 e. The van der Waals surface area contributed by atoms with E-state index >= 15 is 0 Å². The number of hydrogen-bond donors (Lipinski definition) is 1. The van der Waals surface area contributed by atoms with E-state index in [1.54, 1.807) is 18.4 Å². The van der Waals surface area contributed by atoms with Gasteiger partial charge in [-0.25, -0.2) is 0 Å². The highest BCUT2D eigenvalue weighted by molar-refractivity contribution is 7.10. The Morgan fingerprint density at radius 1 is 1.32 bits per heavy atom. The molecule has 1 N–H and O–H groups in total. The van der Waals surface area contributed by atoms with Gasteiger partial charge in [0.1, 0.15) is 11.5 Å². The Bertz CT molecular complexity index is 524. The van der Waals surface area contributed by atoms with Gasteiger partial charge in [0, 0.05) is 0 Å². The maximum atomic E-state index is 5.56. The third-order valence-corrected chi connectivity index (χ3v) is 3.89. The third kappa shape index (κ3) is 3.08. The topological polar surface area (TPSA) is 30.5 Å². The van der Waals surface area contributed by atoms with E-state index in [4.69, 9.17) is 9.47 Å². The first-order valence-corrected chi connectivity index (χ1v) is 7.19. The van der Waals surface area contributed by atoms with Gasteiger partial charge in [-0.15, -0.1) is 11.3 Å². The molecule has 4 heteroatoms. The summed E-state index contributed by atoms with van der Waals surface area (Å²) in [6.07, 6.45) is 0. The van der Waals surface area contributed by atoms with Crippen molar-refractivity contribution in [3.63, 3.8) is 0 Å². The lowest BCUT2D eigenvalue weighted by molar-refractivity contribution is 0.339. The Morgan fingerprint density at radius 3 is 2.84 bits per heavy atom. The monoisotopic (exact) mass is 277 g/mol. The van der Waals surface area contributed by atoms with E-state index in [9.17, 15) is 0 Å². The summed E-state index contributed by atoms with van der Waals surface area (Å²) in [6, 6.07) is 10.3. The fourth-order valence-corrected chi connectivity index (χ4v) is 3.08. The zero-order valence-corrected chi connectivity index (χ0v) is 12.3. The molecule has 0 spiro atoms. The molecule has 0 amide bonds. The van der Waals surface area contributed by atoms with Gasteiger partial charge in [0.25, 0.3) is 0 Å². The highest BCUT2D eigenvalue weighted by atomic mass is 32.1. The molecule has 1 aromatic heterocycles. The molecule has 1 atom stereocenters. The number of benzene rings is 1. The highest BCUT2D eigenvalue weighted by Crippen LogP contribution is 2.35. The second-order valence-electron chi connectivity index (χ2n) is 4.08. The number of hydrogen-bond acceptors (Lipinski definition) is 4. The van der Waals surface area contributed by atoms with Crippen molar-refractivity contribution in [2.45, 2.75) is 13.0 Å². The molecule has 2 aromatic rings. The number of nitrogens with one attached hydrogen (secondary N) is 1. The van der Waals surface area contributed by atoms with Crippen LogP contribution in [0.15, 0.2) is 35.7 Å². The Balaban J connectivity index is 2.34. The van der Waals surface area contributed by atoms with Crippen LogP contribution in [0.4, 0.5) is 0 Å². The van der Waals surface area contributed by atoms with Crippen LogP contribution in [0, 0.1) is 0 Å². The molecule has 0 aliphatic heterocycles. The summed E-state index contributed by atoms with van der Waals surface area (Å²) >= 11 is 1.69. The van der Waals surface area contributed by atoms with Crippen LogP contribution in [0.2, 0.25) is 0 Å². The molecule has 0 saturated carbocycles. The molecule has 0 aliphatic rings. The summed E-state index contributed by atoms with van der Waals surface area (Å²) in [5, 5.41) is 5.39. The van der Waals surface area contributed by atoms with E-state index in [2.05, 4.69) is 17.4 Å². The lowest BCUT2D eigenvalue weighted by Gasteiger charge is -2.17. The van der Waals surface area contributed by atoms with Crippen LogP contribution >= 0.6 is 11.3 Å². The van der Waals surface area contributed by atoms with Crippen molar-refractivity contribution in [2.24, 2.45) is 0 Å². The lowest BCUT2D eigenvalue weighted by Crippen LogP contribution is -2.17. The minimum Gasteiger partial charge on any atom is -0.496 e. The van der Waals surface area contributed by atoms with Crippen LogP contribution in [0.1, 0.15) is 23.4 Å². The highest BCUT2D eigenvalue weighted by Gasteiger charge is 2.18. The Labute approximate surface area is 118 Å². The predicted octanol–water partition coefficient (Wildman–Crippen LogP) is 3.46. The van der Waals surface area contributed by atoms with E-state index in [1.165, 1.54) is 10.4 Å². The summed E-state index contributed by atoms with van der Waals surface area (Å²) in [5.41, 5.74) is 1.18. The van der Waals surface area contributed by atoms with E-state index in [1.807, 2.05) is 37.6 Å². The molecule has 2 rings (SSSR count). The number of thiophene rings is 1. The summed E-state index contributed by atoms with van der Waals surface area (Å²) in [7, 11) is 3.66. The van der Waals surface area contributed by atoms with Gasteiger partial charge in [0.15, 0.2) is 0 Å². The van der Waals surface area contributed by atoms with Crippen LogP contribution in [-0.2, 0) is 0 Å². The van der Waals surface area contributed by atoms with Crippen molar-refractivity contribution >= 4 is 11.3 Å². The summed E-state index contributed by atoms with van der Waals surface area (Å²) in [5.74, 6) is 1.82. The molecule has 1 unspecified atom stereocenters. The smallest absolute Gasteiger partial charge is 0.134 e. The zero-order chi connectivity index (χ0) is 13.7. The molecule has 0 aliphatic carbocycles. The quantitative estimate of drug-likeness (QED) is 0.877. The Morgan fingerprint density at radius 2 is 2.16 bits per heavy atom. The van der Waals surface area contributed by atoms with Gasteiger partial charge in [-0.1, -0.05) is 12.1 Å². The first-order chi connectivity index (χ1) is 9.30. The fraction of sp³-hybridized carbons (Fsp3) is 0.333. The average molecular weight is 277 g/mol. The molecular formula is C15H19NO2S. The first kappa shape index (κ1) is 13.9. The maximum absolute atomic E-state index is 5.56. The minimum absolute atomic E-state index is 0.121. The third-order valence-electron chi connectivity index (χ3n) is 2.93. The van der Waals surface area contributed by atoms with Crippen molar-refractivity contribution in [1.82, 2.24) is 5.32 Å². The number of methoxy groups -OCH3 is 1. The average Bonchev–Trinajstić information content (AvgIpc) is 2.89. The van der Waals surface area contributed by atoms with E-state index < -0.39 is 0 Å².